The number of carbonyl (C=O) groups is 5. The van der Waals surface area contributed by atoms with Crippen molar-refractivity contribution in [2.75, 3.05) is 37.7 Å². The average molecular weight is 852 g/mol. The van der Waals surface area contributed by atoms with E-state index in [4.69, 9.17) is 14.5 Å². The molecule has 4 fully saturated rings. The van der Waals surface area contributed by atoms with Gasteiger partial charge in [-0.25, -0.2) is 4.98 Å². The Morgan fingerprint density at radius 3 is 2.24 bits per heavy atom. The Labute approximate surface area is 367 Å². The van der Waals surface area contributed by atoms with E-state index < -0.39 is 29.7 Å². The number of imide groups is 2. The highest BCUT2D eigenvalue weighted by Crippen LogP contribution is 2.59. The zero-order chi connectivity index (χ0) is 44.4. The lowest BCUT2D eigenvalue weighted by Gasteiger charge is -2.65. The summed E-state index contributed by atoms with van der Waals surface area (Å²) in [5.41, 5.74) is 3.26. The van der Waals surface area contributed by atoms with Gasteiger partial charge >= 0.3 is 0 Å². The number of amides is 5. The van der Waals surface area contributed by atoms with Crippen molar-refractivity contribution >= 4 is 35.2 Å². The average Bonchev–Trinajstić information content (AvgIpc) is 3.71. The predicted molar refractivity (Wildman–Crippen MR) is 232 cm³/mol. The van der Waals surface area contributed by atoms with Gasteiger partial charge in [0.05, 0.1) is 41.1 Å². The van der Waals surface area contributed by atoms with Crippen molar-refractivity contribution < 1.29 is 33.4 Å². The van der Waals surface area contributed by atoms with Crippen LogP contribution in [0.15, 0.2) is 48.5 Å². The maximum Gasteiger partial charge on any atom is 0.262 e. The Morgan fingerprint density at radius 1 is 0.825 bits per heavy atom. The van der Waals surface area contributed by atoms with Gasteiger partial charge in [0.1, 0.15) is 35.4 Å². The van der Waals surface area contributed by atoms with Gasteiger partial charge in [0.2, 0.25) is 11.8 Å². The molecule has 1 aromatic heterocycles. The molecule has 0 bridgehead atoms. The molecule has 5 heterocycles. The Morgan fingerprint density at radius 2 is 1.54 bits per heavy atom. The fourth-order valence-corrected chi connectivity index (χ4v) is 11.5. The van der Waals surface area contributed by atoms with Crippen LogP contribution in [0.4, 0.5) is 5.69 Å². The van der Waals surface area contributed by atoms with Crippen LogP contribution in [-0.4, -0.2) is 106 Å². The summed E-state index contributed by atoms with van der Waals surface area (Å²) in [6.45, 7) is 14.7. The topological polar surface area (TPSA) is 165 Å². The number of nitrogens with one attached hydrogen (secondary N) is 1. The number of piperazine rings is 1. The lowest BCUT2D eigenvalue weighted by molar-refractivity contribution is -0.199. The van der Waals surface area contributed by atoms with Gasteiger partial charge in [-0.3, -0.25) is 39.1 Å². The van der Waals surface area contributed by atoms with Crippen molar-refractivity contribution in [3.05, 3.63) is 82.2 Å². The predicted octanol–water partition coefficient (Wildman–Crippen LogP) is 5.32. The van der Waals surface area contributed by atoms with Crippen molar-refractivity contribution in [3.63, 3.8) is 0 Å². The molecule has 9 rings (SSSR count). The largest absolute Gasteiger partial charge is 0.492 e. The maximum atomic E-state index is 13.9. The number of fused-ring (bicyclic) bond motifs is 2. The second-order valence-electron chi connectivity index (χ2n) is 18.8. The molecule has 6 aliphatic rings. The summed E-state index contributed by atoms with van der Waals surface area (Å²) in [6, 6.07) is 15.9. The molecule has 326 valence electrons. The summed E-state index contributed by atoms with van der Waals surface area (Å²) in [6.07, 6.45) is 4.15. The van der Waals surface area contributed by atoms with Crippen LogP contribution in [0.25, 0.3) is 0 Å². The van der Waals surface area contributed by atoms with Crippen molar-refractivity contribution in [2.45, 2.75) is 104 Å². The number of rotatable bonds is 8. The lowest BCUT2D eigenvalue weighted by atomic mass is 9.49. The summed E-state index contributed by atoms with van der Waals surface area (Å²) < 4.78 is 12.3. The first-order valence-electron chi connectivity index (χ1n) is 22.2. The molecule has 1 unspecified atom stereocenters. The Kier molecular flexibility index (Phi) is 10.8. The molecule has 2 aliphatic carbocycles. The smallest absolute Gasteiger partial charge is 0.262 e. The lowest BCUT2D eigenvalue weighted by Crippen LogP contribution is -2.74. The quantitative estimate of drug-likeness (QED) is 0.230. The molecule has 3 aromatic rings. The molecular weight excluding hydrogens is 799 g/mol. The molecule has 1 N–H and O–H groups in total. The number of carbonyl (C=O) groups excluding carboxylic acids is 5. The molecule has 2 saturated carbocycles. The third kappa shape index (κ3) is 7.38. The summed E-state index contributed by atoms with van der Waals surface area (Å²) in [5.74, 6) is 6.25. The van der Waals surface area contributed by atoms with Gasteiger partial charge in [0.15, 0.2) is 0 Å². The number of pyridine rings is 1. The van der Waals surface area contributed by atoms with Gasteiger partial charge in [0, 0.05) is 73.2 Å². The van der Waals surface area contributed by atoms with Crippen LogP contribution >= 0.6 is 0 Å². The molecule has 14 nitrogen and oxygen atoms in total. The number of aromatic nitrogens is 1. The Bertz CT molecular complexity index is 2500. The van der Waals surface area contributed by atoms with Gasteiger partial charge in [-0.15, -0.1) is 0 Å². The van der Waals surface area contributed by atoms with E-state index in [1.165, 1.54) is 0 Å². The number of anilines is 1. The standard InChI is InChI=1S/C49H53N7O7/c1-6-62-40-26-34(16-10-30(40)27-50)63-47-48(2,3)46(49(47,4)5)55-28-38-36(43(55)59)17-12-31(51-38)11-7-29-8-13-32(14-9-29)53-21-23-54(24-22-53)33-15-18-35-37(25-33)45(61)56(44(35)60)39-19-20-41(57)52-42(39)58/h10,12,15-18,25-26,29,32,39,46-47H,6,8-9,13-14,19-24,28H2,1-5H3,(H,52,57,58)/t29-,32-,39?,46-,47-. The second-order valence-corrected chi connectivity index (χ2v) is 18.8. The van der Waals surface area contributed by atoms with Gasteiger partial charge < -0.3 is 19.3 Å². The first-order valence-corrected chi connectivity index (χ1v) is 22.2. The van der Waals surface area contributed by atoms with E-state index >= 15 is 0 Å². The summed E-state index contributed by atoms with van der Waals surface area (Å²) >= 11 is 0. The van der Waals surface area contributed by atoms with E-state index in [0.717, 1.165) is 68.1 Å². The number of hydrogen-bond acceptors (Lipinski definition) is 11. The summed E-state index contributed by atoms with van der Waals surface area (Å²) in [7, 11) is 0. The number of nitriles is 1. The van der Waals surface area contributed by atoms with Gasteiger partial charge in [-0.2, -0.15) is 5.26 Å². The molecule has 63 heavy (non-hydrogen) atoms. The second kappa shape index (κ2) is 16.1. The zero-order valence-electron chi connectivity index (χ0n) is 36.5. The molecule has 2 aromatic carbocycles. The molecule has 0 radical (unpaired) electrons. The van der Waals surface area contributed by atoms with Crippen LogP contribution < -0.4 is 19.7 Å². The van der Waals surface area contributed by atoms with E-state index in [-0.39, 0.29) is 53.2 Å². The first-order chi connectivity index (χ1) is 30.2. The number of benzene rings is 2. The molecule has 5 amide bonds. The number of nitrogens with zero attached hydrogens (tertiary/aromatic N) is 6. The van der Waals surface area contributed by atoms with Crippen LogP contribution in [0, 0.1) is 39.9 Å². The Hall–Kier alpha value is -6.25. The molecule has 1 atom stereocenters. The van der Waals surface area contributed by atoms with Crippen LogP contribution in [0.3, 0.4) is 0 Å². The molecular formula is C49H53N7O7. The minimum absolute atomic E-state index is 0.0185. The number of ether oxygens (including phenoxy) is 2. The van der Waals surface area contributed by atoms with Gasteiger partial charge in [0.25, 0.3) is 17.7 Å². The van der Waals surface area contributed by atoms with Crippen molar-refractivity contribution in [3.8, 4) is 29.4 Å². The minimum Gasteiger partial charge on any atom is -0.492 e. The normalized spacial score (nSPS) is 26.3. The van der Waals surface area contributed by atoms with Crippen LogP contribution in [0.2, 0.25) is 0 Å². The van der Waals surface area contributed by atoms with Crippen molar-refractivity contribution in [1.29, 1.82) is 5.26 Å². The van der Waals surface area contributed by atoms with Gasteiger partial charge in [-0.1, -0.05) is 33.6 Å². The van der Waals surface area contributed by atoms with E-state index in [1.807, 2.05) is 30.0 Å². The molecule has 2 saturated heterocycles. The van der Waals surface area contributed by atoms with Crippen molar-refractivity contribution in [2.24, 2.45) is 16.7 Å². The molecule has 0 spiro atoms. The number of piperidine rings is 1. The van der Waals surface area contributed by atoms with Crippen molar-refractivity contribution in [1.82, 2.24) is 25.0 Å². The highest BCUT2D eigenvalue weighted by Gasteiger charge is 2.67. The van der Waals surface area contributed by atoms with E-state index in [0.29, 0.717) is 53.1 Å². The van der Waals surface area contributed by atoms with E-state index in [9.17, 15) is 29.2 Å². The third-order valence-electron chi connectivity index (χ3n) is 14.2. The highest BCUT2D eigenvalue weighted by atomic mass is 16.5. The van der Waals surface area contributed by atoms with Crippen LogP contribution in [-0.2, 0) is 16.1 Å². The SMILES string of the molecule is CCOc1cc(O[C@H]2C(C)(C)[C@H](N3Cc4nc(C#C[C@H]5CC[C@H](N6CCN(c7ccc8c(c7)C(=O)N(C7CCC(=O)NC7=O)C8=O)CC6)CC5)ccc4C3=O)C2(C)C)ccc1C#N. The fraction of sp³-hybridized carbons (Fsp3) is 0.490. The third-order valence-corrected chi connectivity index (χ3v) is 14.2. The monoisotopic (exact) mass is 851 g/mol. The van der Waals surface area contributed by atoms with E-state index in [2.05, 4.69) is 60.7 Å². The number of hydrogen-bond donors (Lipinski definition) is 1. The van der Waals surface area contributed by atoms with Gasteiger partial charge in [-0.05, 0) is 87.4 Å². The minimum atomic E-state index is -0.980. The molecule has 14 heteroatoms. The first kappa shape index (κ1) is 42.1. The zero-order valence-corrected chi connectivity index (χ0v) is 36.5. The van der Waals surface area contributed by atoms with Crippen LogP contribution in [0.1, 0.15) is 121 Å². The fourth-order valence-electron chi connectivity index (χ4n) is 11.5. The highest BCUT2D eigenvalue weighted by molar-refractivity contribution is 6.23. The Balaban J connectivity index is 0.770. The summed E-state index contributed by atoms with van der Waals surface area (Å²) in [4.78, 5) is 77.2. The van der Waals surface area contributed by atoms with E-state index in [1.54, 1.807) is 30.3 Å². The maximum absolute atomic E-state index is 13.9. The molecule has 4 aliphatic heterocycles. The summed E-state index contributed by atoms with van der Waals surface area (Å²) in [5, 5.41) is 11.7. The van der Waals surface area contributed by atoms with Crippen LogP contribution in [0.5, 0.6) is 11.5 Å².